The van der Waals surface area contributed by atoms with Crippen LogP contribution in [-0.4, -0.2) is 50.6 Å². The van der Waals surface area contributed by atoms with Gasteiger partial charge in [-0.25, -0.2) is 18.4 Å². The van der Waals surface area contributed by atoms with Crippen LogP contribution in [0.15, 0.2) is 6.33 Å². The van der Waals surface area contributed by atoms with Gasteiger partial charge in [0, 0.05) is 19.3 Å². The Morgan fingerprint density at radius 3 is 2.39 bits per heavy atom. The van der Waals surface area contributed by atoms with Gasteiger partial charge in [0.2, 0.25) is 5.75 Å². The number of sulfone groups is 1. The number of nitrogens with one attached hydrogen (secondary N) is 2. The molecule has 0 spiro atoms. The van der Waals surface area contributed by atoms with Gasteiger partial charge in [-0.2, -0.15) is 0 Å². The number of nitrogens with zero attached hydrogens (tertiary/aromatic N) is 2. The van der Waals surface area contributed by atoms with Crippen molar-refractivity contribution in [2.75, 3.05) is 42.8 Å². The first-order valence-electron chi connectivity index (χ1n) is 5.52. The van der Waals surface area contributed by atoms with Crippen LogP contribution < -0.4 is 15.4 Å². The van der Waals surface area contributed by atoms with Crippen molar-refractivity contribution >= 4 is 21.5 Å². The molecule has 0 aromatic carbocycles. The zero-order valence-electron chi connectivity index (χ0n) is 10.7. The van der Waals surface area contributed by atoms with Gasteiger partial charge in [-0.05, 0) is 6.92 Å². The standard InChI is InChI=1S/C10H18N4O3S/c1-4-11-9-8(17-2)10(14-7-13-9)12-5-6-18(3,15)16/h7H,4-6H2,1-3H3,(H2,11,12,13,14). The molecule has 0 amide bonds. The predicted octanol–water partition coefficient (Wildman–Crippen LogP) is 0.373. The largest absolute Gasteiger partial charge is 0.490 e. The van der Waals surface area contributed by atoms with E-state index in [0.29, 0.717) is 23.9 Å². The van der Waals surface area contributed by atoms with E-state index in [0.717, 1.165) is 0 Å². The number of aromatic nitrogens is 2. The van der Waals surface area contributed by atoms with Crippen molar-refractivity contribution in [2.45, 2.75) is 6.92 Å². The lowest BCUT2D eigenvalue weighted by Gasteiger charge is -2.13. The van der Waals surface area contributed by atoms with Crippen LogP contribution in [0, 0.1) is 0 Å². The van der Waals surface area contributed by atoms with Gasteiger partial charge >= 0.3 is 0 Å². The Balaban J connectivity index is 2.78. The highest BCUT2D eigenvalue weighted by atomic mass is 32.2. The fourth-order valence-corrected chi connectivity index (χ4v) is 1.81. The van der Waals surface area contributed by atoms with Crippen LogP contribution in [0.2, 0.25) is 0 Å². The first kappa shape index (κ1) is 14.5. The normalized spacial score (nSPS) is 11.1. The van der Waals surface area contributed by atoms with Crippen LogP contribution in [0.4, 0.5) is 11.6 Å². The van der Waals surface area contributed by atoms with E-state index in [1.807, 2.05) is 6.92 Å². The quantitative estimate of drug-likeness (QED) is 0.742. The number of anilines is 2. The minimum Gasteiger partial charge on any atom is -0.490 e. The Kier molecular flexibility index (Phi) is 5.14. The second-order valence-corrected chi connectivity index (χ2v) is 5.95. The van der Waals surface area contributed by atoms with Gasteiger partial charge in [0.25, 0.3) is 0 Å². The lowest BCUT2D eigenvalue weighted by atomic mass is 10.4. The molecule has 0 fully saturated rings. The topological polar surface area (TPSA) is 93.2 Å². The van der Waals surface area contributed by atoms with Crippen LogP contribution in [0.3, 0.4) is 0 Å². The smallest absolute Gasteiger partial charge is 0.204 e. The Hall–Kier alpha value is -1.57. The van der Waals surface area contributed by atoms with Crippen LogP contribution in [0.1, 0.15) is 6.92 Å². The molecule has 0 aliphatic heterocycles. The van der Waals surface area contributed by atoms with E-state index in [4.69, 9.17) is 4.74 Å². The Morgan fingerprint density at radius 2 is 1.89 bits per heavy atom. The zero-order chi connectivity index (χ0) is 13.6. The van der Waals surface area contributed by atoms with Crippen molar-refractivity contribution in [1.82, 2.24) is 9.97 Å². The first-order chi connectivity index (χ1) is 8.48. The molecule has 0 atom stereocenters. The van der Waals surface area contributed by atoms with E-state index >= 15 is 0 Å². The van der Waals surface area contributed by atoms with Crippen molar-refractivity contribution in [1.29, 1.82) is 0 Å². The average Bonchev–Trinajstić information content (AvgIpc) is 2.28. The molecule has 1 rings (SSSR count). The molecule has 1 heterocycles. The lowest BCUT2D eigenvalue weighted by molar-refractivity contribution is 0.414. The van der Waals surface area contributed by atoms with Gasteiger partial charge in [0.1, 0.15) is 16.2 Å². The van der Waals surface area contributed by atoms with E-state index in [1.54, 1.807) is 0 Å². The van der Waals surface area contributed by atoms with Crippen molar-refractivity contribution in [3.8, 4) is 5.75 Å². The Labute approximate surface area is 107 Å². The molecule has 18 heavy (non-hydrogen) atoms. The molecule has 0 radical (unpaired) electrons. The third-order valence-corrected chi connectivity index (χ3v) is 3.06. The molecule has 8 heteroatoms. The molecule has 7 nitrogen and oxygen atoms in total. The van der Waals surface area contributed by atoms with Crippen LogP contribution in [-0.2, 0) is 9.84 Å². The monoisotopic (exact) mass is 274 g/mol. The molecule has 0 saturated carbocycles. The molecule has 1 aromatic rings. The average molecular weight is 274 g/mol. The SMILES string of the molecule is CCNc1ncnc(NCCS(C)(=O)=O)c1OC. The molecule has 0 unspecified atom stereocenters. The minimum atomic E-state index is -3.00. The third-order valence-electron chi connectivity index (χ3n) is 2.12. The van der Waals surface area contributed by atoms with Crippen molar-refractivity contribution in [3.05, 3.63) is 6.33 Å². The van der Waals surface area contributed by atoms with Crippen molar-refractivity contribution in [2.24, 2.45) is 0 Å². The molecular weight excluding hydrogens is 256 g/mol. The van der Waals surface area contributed by atoms with Crippen LogP contribution >= 0.6 is 0 Å². The number of hydrogen-bond acceptors (Lipinski definition) is 7. The predicted molar refractivity (Wildman–Crippen MR) is 70.9 cm³/mol. The summed E-state index contributed by atoms with van der Waals surface area (Å²) in [7, 11) is -1.48. The summed E-state index contributed by atoms with van der Waals surface area (Å²) >= 11 is 0. The summed E-state index contributed by atoms with van der Waals surface area (Å²) in [6.07, 6.45) is 2.58. The fraction of sp³-hybridized carbons (Fsp3) is 0.600. The van der Waals surface area contributed by atoms with Gasteiger partial charge < -0.3 is 15.4 Å². The Morgan fingerprint density at radius 1 is 1.28 bits per heavy atom. The summed E-state index contributed by atoms with van der Waals surface area (Å²) in [5, 5.41) is 5.96. The van der Waals surface area contributed by atoms with Crippen molar-refractivity contribution in [3.63, 3.8) is 0 Å². The van der Waals surface area contributed by atoms with E-state index in [2.05, 4.69) is 20.6 Å². The highest BCUT2D eigenvalue weighted by molar-refractivity contribution is 7.90. The number of rotatable bonds is 7. The fourth-order valence-electron chi connectivity index (χ4n) is 1.34. The van der Waals surface area contributed by atoms with Crippen LogP contribution in [0.5, 0.6) is 5.75 Å². The summed E-state index contributed by atoms with van der Waals surface area (Å²) in [5.74, 6) is 1.58. The highest BCUT2D eigenvalue weighted by Gasteiger charge is 2.11. The molecule has 0 bridgehead atoms. The molecule has 1 aromatic heterocycles. The number of methoxy groups -OCH3 is 1. The minimum absolute atomic E-state index is 0.0384. The summed E-state index contributed by atoms with van der Waals surface area (Å²) in [5.41, 5.74) is 0. The molecule has 2 N–H and O–H groups in total. The second kappa shape index (κ2) is 6.39. The lowest BCUT2D eigenvalue weighted by Crippen LogP contribution is -2.16. The highest BCUT2D eigenvalue weighted by Crippen LogP contribution is 2.28. The summed E-state index contributed by atoms with van der Waals surface area (Å²) < 4.78 is 27.3. The second-order valence-electron chi connectivity index (χ2n) is 3.69. The van der Waals surface area contributed by atoms with Crippen LogP contribution in [0.25, 0.3) is 0 Å². The van der Waals surface area contributed by atoms with Gasteiger partial charge in [-0.3, -0.25) is 0 Å². The molecule has 0 saturated heterocycles. The van der Waals surface area contributed by atoms with Gasteiger partial charge in [-0.15, -0.1) is 0 Å². The van der Waals surface area contributed by atoms with Crippen molar-refractivity contribution < 1.29 is 13.2 Å². The van der Waals surface area contributed by atoms with E-state index < -0.39 is 9.84 Å². The maximum Gasteiger partial charge on any atom is 0.204 e. The third kappa shape index (κ3) is 4.36. The molecular formula is C10H18N4O3S. The summed E-state index contributed by atoms with van der Waals surface area (Å²) in [4.78, 5) is 8.08. The zero-order valence-corrected chi connectivity index (χ0v) is 11.5. The summed E-state index contributed by atoms with van der Waals surface area (Å²) in [6, 6.07) is 0. The summed E-state index contributed by atoms with van der Waals surface area (Å²) in [6.45, 7) is 2.92. The van der Waals surface area contributed by atoms with E-state index in [-0.39, 0.29) is 12.3 Å². The number of ether oxygens (including phenoxy) is 1. The van der Waals surface area contributed by atoms with E-state index in [1.165, 1.54) is 19.7 Å². The number of hydrogen-bond donors (Lipinski definition) is 2. The van der Waals surface area contributed by atoms with Gasteiger partial charge in [-0.1, -0.05) is 0 Å². The van der Waals surface area contributed by atoms with Gasteiger partial charge in [0.15, 0.2) is 11.6 Å². The first-order valence-corrected chi connectivity index (χ1v) is 7.58. The Bertz CT molecular complexity index is 490. The maximum absolute atomic E-state index is 11.0. The molecule has 102 valence electrons. The van der Waals surface area contributed by atoms with E-state index in [9.17, 15) is 8.42 Å². The molecule has 0 aliphatic rings. The molecule has 0 aliphatic carbocycles. The van der Waals surface area contributed by atoms with Gasteiger partial charge in [0.05, 0.1) is 12.9 Å². The maximum atomic E-state index is 11.0.